The summed E-state index contributed by atoms with van der Waals surface area (Å²) >= 11 is 2.08. The van der Waals surface area contributed by atoms with Crippen LogP contribution in [0.3, 0.4) is 0 Å². The lowest BCUT2D eigenvalue weighted by molar-refractivity contribution is -0.490. The van der Waals surface area contributed by atoms with Gasteiger partial charge in [-0.15, -0.1) is 0 Å². The lowest BCUT2D eigenvalue weighted by Gasteiger charge is -2.14. The molecule has 2 heterocycles. The average Bonchev–Trinajstić information content (AvgIpc) is 3.35. The van der Waals surface area contributed by atoms with Crippen molar-refractivity contribution in [1.82, 2.24) is 0 Å². The van der Waals surface area contributed by atoms with E-state index in [0.717, 1.165) is 5.92 Å². The molecule has 4 aliphatic rings. The molecule has 2 aliphatic carbocycles. The zero-order chi connectivity index (χ0) is 15.7. The molecular weight excluding hydrogens is 310 g/mol. The fourth-order valence-corrected chi connectivity index (χ4v) is 5.91. The molecule has 2 aromatic carbocycles. The summed E-state index contributed by atoms with van der Waals surface area (Å²) in [7, 11) is 0. The van der Waals surface area contributed by atoms with Crippen molar-refractivity contribution in [3.05, 3.63) is 83.6 Å². The van der Waals surface area contributed by atoms with Gasteiger partial charge in [0.1, 0.15) is 5.25 Å². The third-order valence-electron chi connectivity index (χ3n) is 5.71. The van der Waals surface area contributed by atoms with Crippen molar-refractivity contribution in [1.29, 1.82) is 0 Å². The zero-order valence-electron chi connectivity index (χ0n) is 13.4. The molecule has 0 radical (unpaired) electrons. The van der Waals surface area contributed by atoms with Crippen LogP contribution in [0, 0.1) is 0 Å². The van der Waals surface area contributed by atoms with E-state index in [4.69, 9.17) is 0 Å². The van der Waals surface area contributed by atoms with Gasteiger partial charge in [-0.1, -0.05) is 54.6 Å². The number of hydrogen-bond donors (Lipinski definition) is 0. The molecule has 2 heteroatoms. The third kappa shape index (κ3) is 1.75. The molecule has 2 aliphatic heterocycles. The van der Waals surface area contributed by atoms with Crippen LogP contribution >= 0.6 is 11.8 Å². The first-order chi connectivity index (χ1) is 11.9. The summed E-state index contributed by atoms with van der Waals surface area (Å²) in [6, 6.07) is 18.6. The minimum Gasteiger partial charge on any atom is -0.185 e. The highest BCUT2D eigenvalue weighted by molar-refractivity contribution is 8.15. The molecule has 1 fully saturated rings. The van der Waals surface area contributed by atoms with Gasteiger partial charge >= 0.3 is 0 Å². The van der Waals surface area contributed by atoms with Gasteiger partial charge in [0.05, 0.1) is 11.5 Å². The Kier molecular flexibility index (Phi) is 2.61. The minimum absolute atomic E-state index is 0.623. The molecule has 6 rings (SSSR count). The van der Waals surface area contributed by atoms with Gasteiger partial charge in [-0.05, 0) is 40.9 Å². The Hall–Kier alpha value is -2.06. The monoisotopic (exact) mass is 328 g/mol. The fraction of sp³-hybridized carbons (Fsp3) is 0.227. The zero-order valence-corrected chi connectivity index (χ0v) is 14.2. The first-order valence-corrected chi connectivity index (χ1v) is 9.67. The molecule has 1 nitrogen and oxygen atoms in total. The van der Waals surface area contributed by atoms with Crippen LogP contribution in [0.4, 0.5) is 0 Å². The molecule has 0 spiro atoms. The van der Waals surface area contributed by atoms with E-state index in [-0.39, 0.29) is 0 Å². The van der Waals surface area contributed by atoms with Gasteiger partial charge in [0, 0.05) is 12.5 Å². The lowest BCUT2D eigenvalue weighted by atomic mass is 9.95. The van der Waals surface area contributed by atoms with Crippen LogP contribution in [0.25, 0.3) is 11.1 Å². The van der Waals surface area contributed by atoms with Crippen LogP contribution < -0.4 is 0 Å². The van der Waals surface area contributed by atoms with Crippen LogP contribution in [0.5, 0.6) is 0 Å². The number of rotatable bonds is 1. The van der Waals surface area contributed by atoms with Crippen LogP contribution in [-0.2, 0) is 0 Å². The van der Waals surface area contributed by atoms with Gasteiger partial charge < -0.3 is 0 Å². The Morgan fingerprint density at radius 3 is 2.83 bits per heavy atom. The van der Waals surface area contributed by atoms with Crippen molar-refractivity contribution in [2.24, 2.45) is 0 Å². The van der Waals surface area contributed by atoms with E-state index < -0.39 is 0 Å². The molecule has 0 amide bonds. The Bertz CT molecular complexity index is 951. The molecule has 0 N–H and O–H groups in total. The number of allylic oxidation sites excluding steroid dienone is 3. The maximum absolute atomic E-state index is 2.67. The van der Waals surface area contributed by atoms with Crippen molar-refractivity contribution in [2.75, 3.05) is 0 Å². The first kappa shape index (κ1) is 13.3. The molecule has 0 bridgehead atoms. The van der Waals surface area contributed by atoms with Crippen molar-refractivity contribution in [3.63, 3.8) is 0 Å². The van der Waals surface area contributed by atoms with E-state index >= 15 is 0 Å². The van der Waals surface area contributed by atoms with E-state index in [1.54, 1.807) is 11.3 Å². The summed E-state index contributed by atoms with van der Waals surface area (Å²) < 4.78 is 2.67. The summed E-state index contributed by atoms with van der Waals surface area (Å²) in [6.45, 7) is 0. The number of hydrogen-bond acceptors (Lipinski definition) is 1. The molecule has 2 aromatic rings. The molecule has 24 heavy (non-hydrogen) atoms. The molecule has 0 aromatic heterocycles. The van der Waals surface area contributed by atoms with Crippen LogP contribution in [0.15, 0.2) is 72.5 Å². The smallest absolute Gasteiger partial charge is 0.185 e. The van der Waals surface area contributed by atoms with Gasteiger partial charge in [-0.2, -0.15) is 4.58 Å². The lowest BCUT2D eigenvalue weighted by Crippen LogP contribution is -2.24. The van der Waals surface area contributed by atoms with Crippen molar-refractivity contribution in [2.45, 2.75) is 30.1 Å². The normalized spacial score (nSPS) is 28.7. The minimum atomic E-state index is 0.623. The number of fused-ring (bicyclic) bond motifs is 7. The largest absolute Gasteiger partial charge is 0.249 e. The average molecular weight is 328 g/mol. The molecule has 3 unspecified atom stereocenters. The highest BCUT2D eigenvalue weighted by Gasteiger charge is 2.59. The van der Waals surface area contributed by atoms with E-state index in [1.807, 2.05) is 0 Å². The number of nitrogens with zero attached hydrogens (tertiary/aromatic N) is 1. The summed E-state index contributed by atoms with van der Waals surface area (Å²) in [6.07, 6.45) is 9.38. The van der Waals surface area contributed by atoms with E-state index in [1.165, 1.54) is 34.6 Å². The Balaban J connectivity index is 1.54. The molecular formula is C22H18NS+. The Morgan fingerprint density at radius 2 is 1.92 bits per heavy atom. The van der Waals surface area contributed by atoms with Crippen molar-refractivity contribution >= 4 is 16.8 Å². The van der Waals surface area contributed by atoms with E-state index in [0.29, 0.717) is 11.3 Å². The highest BCUT2D eigenvalue weighted by Crippen LogP contribution is 2.54. The second-order valence-corrected chi connectivity index (χ2v) is 8.31. The van der Waals surface area contributed by atoms with Gasteiger partial charge in [0.2, 0.25) is 5.04 Å². The van der Waals surface area contributed by atoms with Gasteiger partial charge in [-0.25, -0.2) is 0 Å². The molecule has 3 atom stereocenters. The predicted molar refractivity (Wildman–Crippen MR) is 101 cm³/mol. The fourth-order valence-electron chi connectivity index (χ4n) is 4.46. The summed E-state index contributed by atoms with van der Waals surface area (Å²) in [4.78, 5) is 0. The van der Waals surface area contributed by atoms with E-state index in [2.05, 4.69) is 83.1 Å². The maximum atomic E-state index is 2.67. The third-order valence-corrected chi connectivity index (χ3v) is 7.07. The maximum Gasteiger partial charge on any atom is 0.249 e. The van der Waals surface area contributed by atoms with Crippen molar-refractivity contribution < 1.29 is 4.58 Å². The summed E-state index contributed by atoms with van der Waals surface area (Å²) in [5, 5.41) is 2.12. The molecule has 0 saturated heterocycles. The van der Waals surface area contributed by atoms with Gasteiger partial charge in [0.15, 0.2) is 11.7 Å². The first-order valence-electron chi connectivity index (χ1n) is 8.79. The Labute approximate surface area is 146 Å². The quantitative estimate of drug-likeness (QED) is 0.670. The topological polar surface area (TPSA) is 3.01 Å². The second kappa shape index (κ2) is 4.73. The summed E-state index contributed by atoms with van der Waals surface area (Å²) in [5.41, 5.74) is 7.25. The standard InChI is InChI=1S/C22H18NS/c1-2-6-14(7-3-1)15-10-11-16-17-13-20(17)23-19-8-4-5-9-21(19)24-22(23)18(16)12-15/h1-8,10-12,17,20-21H,9,13H2/q+1. The van der Waals surface area contributed by atoms with Gasteiger partial charge in [0.25, 0.3) is 0 Å². The second-order valence-electron chi connectivity index (χ2n) is 7.11. The van der Waals surface area contributed by atoms with Crippen LogP contribution in [0.1, 0.15) is 29.9 Å². The molecule has 116 valence electrons. The predicted octanol–water partition coefficient (Wildman–Crippen LogP) is 4.94. The molecule has 1 saturated carbocycles. The summed E-state index contributed by atoms with van der Waals surface area (Å²) in [5.74, 6) is 0.736. The van der Waals surface area contributed by atoms with Gasteiger partial charge in [-0.3, -0.25) is 0 Å². The Morgan fingerprint density at radius 1 is 1.00 bits per heavy atom. The van der Waals surface area contributed by atoms with Crippen LogP contribution in [0.2, 0.25) is 0 Å². The number of thioether (sulfide) groups is 1. The SMILES string of the molecule is C1=CCC2SC3=[N+](C2=C1)C1CC1c1ccc(-c2ccccc2)cc13. The number of benzene rings is 2. The van der Waals surface area contributed by atoms with Crippen molar-refractivity contribution in [3.8, 4) is 11.1 Å². The van der Waals surface area contributed by atoms with Crippen LogP contribution in [-0.4, -0.2) is 20.9 Å². The highest BCUT2D eigenvalue weighted by atomic mass is 32.2. The van der Waals surface area contributed by atoms with E-state index in [9.17, 15) is 0 Å².